The number of thiazole rings is 1. The van der Waals surface area contributed by atoms with E-state index < -0.39 is 30.9 Å². The topological polar surface area (TPSA) is 191 Å². The average molecular weight is 517 g/mol. The summed E-state index contributed by atoms with van der Waals surface area (Å²) < 4.78 is 74.3. The van der Waals surface area contributed by atoms with Crippen molar-refractivity contribution in [1.82, 2.24) is 4.98 Å². The summed E-state index contributed by atoms with van der Waals surface area (Å²) in [6.07, 6.45) is 0.0638. The van der Waals surface area contributed by atoms with Crippen LogP contribution in [0.15, 0.2) is 39.4 Å². The molecule has 0 atom stereocenters. The van der Waals surface area contributed by atoms with Gasteiger partial charge in [0.25, 0.3) is 20.2 Å². The van der Waals surface area contributed by atoms with Crippen LogP contribution in [0, 0.1) is 6.92 Å². The first-order valence-electron chi connectivity index (χ1n) is 9.24. The van der Waals surface area contributed by atoms with Gasteiger partial charge in [0.05, 0.1) is 41.1 Å². The molecule has 3 rings (SSSR count). The quantitative estimate of drug-likeness (QED) is 0.164. The highest BCUT2D eigenvalue weighted by molar-refractivity contribution is 7.86. The van der Waals surface area contributed by atoms with Crippen LogP contribution in [-0.4, -0.2) is 50.4 Å². The van der Waals surface area contributed by atoms with Crippen molar-refractivity contribution < 1.29 is 35.4 Å². The SMILES string of the molecule is COc1ccc2nc(N=Nc3cc(OCCCS(=O)(=O)O)c(N)cc3C)sc2c1S(=O)(=O)O. The van der Waals surface area contributed by atoms with Crippen LogP contribution in [-0.2, 0) is 20.2 Å². The maximum Gasteiger partial charge on any atom is 0.299 e. The molecular formula is C18H20N4O8S3. The van der Waals surface area contributed by atoms with E-state index in [-0.39, 0.29) is 34.4 Å². The smallest absolute Gasteiger partial charge is 0.299 e. The molecule has 0 amide bonds. The summed E-state index contributed by atoms with van der Waals surface area (Å²) in [5.74, 6) is -0.214. The molecule has 0 fully saturated rings. The van der Waals surface area contributed by atoms with Crippen molar-refractivity contribution in [1.29, 1.82) is 0 Å². The van der Waals surface area contributed by atoms with Crippen molar-refractivity contribution in [3.8, 4) is 11.5 Å². The van der Waals surface area contributed by atoms with E-state index in [1.54, 1.807) is 13.0 Å². The maximum absolute atomic E-state index is 11.8. The Bertz CT molecular complexity index is 1430. The van der Waals surface area contributed by atoms with Gasteiger partial charge in [0, 0.05) is 6.07 Å². The summed E-state index contributed by atoms with van der Waals surface area (Å²) >= 11 is 0.905. The largest absolute Gasteiger partial charge is 0.495 e. The zero-order chi connectivity index (χ0) is 24.4. The molecule has 0 unspecified atom stereocenters. The number of fused-ring (bicyclic) bond motifs is 1. The van der Waals surface area contributed by atoms with Crippen LogP contribution in [0.3, 0.4) is 0 Å². The Kier molecular flexibility index (Phi) is 7.18. The molecule has 12 nitrogen and oxygen atoms in total. The molecule has 33 heavy (non-hydrogen) atoms. The van der Waals surface area contributed by atoms with Crippen molar-refractivity contribution in [2.24, 2.45) is 10.2 Å². The first kappa shape index (κ1) is 24.8. The first-order chi connectivity index (χ1) is 15.4. The molecule has 0 radical (unpaired) electrons. The maximum atomic E-state index is 11.8. The van der Waals surface area contributed by atoms with Gasteiger partial charge in [-0.05, 0) is 37.1 Å². The molecule has 1 heterocycles. The van der Waals surface area contributed by atoms with Gasteiger partial charge in [-0.25, -0.2) is 4.98 Å². The first-order valence-corrected chi connectivity index (χ1v) is 13.1. The lowest BCUT2D eigenvalue weighted by Gasteiger charge is -2.10. The lowest BCUT2D eigenvalue weighted by molar-refractivity contribution is 0.318. The monoisotopic (exact) mass is 516 g/mol. The van der Waals surface area contributed by atoms with Crippen molar-refractivity contribution in [3.63, 3.8) is 0 Å². The number of aryl methyl sites for hydroxylation is 1. The third-order valence-electron chi connectivity index (χ3n) is 4.32. The van der Waals surface area contributed by atoms with E-state index >= 15 is 0 Å². The zero-order valence-electron chi connectivity index (χ0n) is 17.4. The minimum absolute atomic E-state index is 0.00173. The van der Waals surface area contributed by atoms with Gasteiger partial charge in [-0.2, -0.15) is 16.8 Å². The van der Waals surface area contributed by atoms with Crippen LogP contribution in [0.2, 0.25) is 0 Å². The van der Waals surface area contributed by atoms with Crippen molar-refractivity contribution in [2.45, 2.75) is 18.2 Å². The van der Waals surface area contributed by atoms with Crippen molar-refractivity contribution in [2.75, 3.05) is 25.2 Å². The molecule has 3 aromatic rings. The second-order valence-electron chi connectivity index (χ2n) is 6.78. The number of hydrogen-bond acceptors (Lipinski definition) is 11. The molecule has 15 heteroatoms. The predicted octanol–water partition coefficient (Wildman–Crippen LogP) is 3.51. The summed E-state index contributed by atoms with van der Waals surface area (Å²) in [5.41, 5.74) is 7.59. The molecule has 0 bridgehead atoms. The van der Waals surface area contributed by atoms with Gasteiger partial charge in [-0.3, -0.25) is 9.11 Å². The van der Waals surface area contributed by atoms with Crippen LogP contribution in [0.5, 0.6) is 11.5 Å². The highest BCUT2D eigenvalue weighted by Crippen LogP contribution is 2.39. The number of aromatic nitrogens is 1. The Morgan fingerprint density at radius 1 is 1.12 bits per heavy atom. The predicted molar refractivity (Wildman–Crippen MR) is 122 cm³/mol. The lowest BCUT2D eigenvalue weighted by Crippen LogP contribution is -2.09. The van der Waals surface area contributed by atoms with Crippen LogP contribution in [0.25, 0.3) is 10.2 Å². The number of rotatable bonds is 9. The Balaban J connectivity index is 1.88. The highest BCUT2D eigenvalue weighted by Gasteiger charge is 2.23. The minimum Gasteiger partial charge on any atom is -0.495 e. The third-order valence-corrected chi connectivity index (χ3v) is 7.15. The minimum atomic E-state index is -4.57. The Hall–Kier alpha value is -2.85. The van der Waals surface area contributed by atoms with Gasteiger partial charge in [0.2, 0.25) is 5.13 Å². The van der Waals surface area contributed by atoms with Gasteiger partial charge in [0.15, 0.2) is 4.90 Å². The van der Waals surface area contributed by atoms with Gasteiger partial charge in [-0.1, -0.05) is 11.3 Å². The molecule has 1 aromatic heterocycles. The van der Waals surface area contributed by atoms with E-state index in [1.807, 2.05) is 0 Å². The fourth-order valence-corrected chi connectivity index (χ4v) is 5.33. The van der Waals surface area contributed by atoms with E-state index in [1.165, 1.54) is 25.3 Å². The molecule has 0 aliphatic rings. The highest BCUT2D eigenvalue weighted by atomic mass is 32.2. The average Bonchev–Trinajstić information content (AvgIpc) is 3.12. The number of nitrogen functional groups attached to an aromatic ring is 1. The summed E-state index contributed by atoms with van der Waals surface area (Å²) in [4.78, 5) is 3.82. The van der Waals surface area contributed by atoms with E-state index in [4.69, 9.17) is 19.8 Å². The van der Waals surface area contributed by atoms with Gasteiger partial charge < -0.3 is 15.2 Å². The normalized spacial score (nSPS) is 12.5. The summed E-state index contributed by atoms with van der Waals surface area (Å²) in [6.45, 7) is 1.74. The van der Waals surface area contributed by atoms with E-state index in [9.17, 15) is 21.4 Å². The summed E-state index contributed by atoms with van der Waals surface area (Å²) in [5, 5.41) is 8.33. The van der Waals surface area contributed by atoms with Gasteiger partial charge in [-0.15, -0.1) is 10.2 Å². The van der Waals surface area contributed by atoms with Gasteiger partial charge in [0.1, 0.15) is 11.5 Å². The second kappa shape index (κ2) is 9.56. The van der Waals surface area contributed by atoms with Crippen molar-refractivity contribution >= 4 is 58.3 Å². The molecule has 4 N–H and O–H groups in total. The van der Waals surface area contributed by atoms with E-state index in [2.05, 4.69) is 15.2 Å². The third kappa shape index (κ3) is 6.14. The number of azo groups is 1. The molecule has 0 saturated heterocycles. The molecule has 0 spiro atoms. The Morgan fingerprint density at radius 2 is 1.85 bits per heavy atom. The van der Waals surface area contributed by atoms with Crippen molar-refractivity contribution in [3.05, 3.63) is 29.8 Å². The number of anilines is 1. The standard InChI is InChI=1S/C18H20N4O8S3/c1-10-8-11(19)15(30-6-3-7-32(23,24)25)9-13(10)21-22-18-20-12-4-5-14(29-2)17(16(12)31-18)33(26,27)28/h4-5,8-9H,3,6-7,19H2,1-2H3,(H,23,24,25)(H,26,27,28). The summed E-state index contributed by atoms with van der Waals surface area (Å²) in [6, 6.07) is 6.03. The number of hydrogen-bond donors (Lipinski definition) is 3. The lowest BCUT2D eigenvalue weighted by atomic mass is 10.1. The molecule has 2 aromatic carbocycles. The number of ether oxygens (including phenoxy) is 2. The van der Waals surface area contributed by atoms with E-state index in [0.29, 0.717) is 22.5 Å². The van der Waals surface area contributed by atoms with E-state index in [0.717, 1.165) is 11.3 Å². The Morgan fingerprint density at radius 3 is 2.48 bits per heavy atom. The molecule has 0 saturated carbocycles. The number of nitrogens with two attached hydrogens (primary N) is 1. The van der Waals surface area contributed by atoms with Gasteiger partial charge >= 0.3 is 0 Å². The van der Waals surface area contributed by atoms with Crippen LogP contribution in [0.1, 0.15) is 12.0 Å². The Labute approximate surface area is 193 Å². The zero-order valence-corrected chi connectivity index (χ0v) is 19.9. The van der Waals surface area contributed by atoms with Crippen LogP contribution < -0.4 is 15.2 Å². The second-order valence-corrected chi connectivity index (χ2v) is 10.7. The molecule has 0 aliphatic heterocycles. The fourth-order valence-electron chi connectivity index (χ4n) is 2.84. The number of nitrogens with zero attached hydrogens (tertiary/aromatic N) is 3. The molecular weight excluding hydrogens is 496 g/mol. The van der Waals surface area contributed by atoms with Crippen LogP contribution in [0.4, 0.5) is 16.5 Å². The number of benzene rings is 2. The summed E-state index contributed by atoms with van der Waals surface area (Å²) in [7, 11) is -7.38. The fraction of sp³-hybridized carbons (Fsp3) is 0.278. The molecule has 0 aliphatic carbocycles. The molecule has 178 valence electrons. The number of methoxy groups -OCH3 is 1. The van der Waals surface area contributed by atoms with Crippen LogP contribution >= 0.6 is 11.3 Å².